The molecule has 1 aliphatic rings. The van der Waals surface area contributed by atoms with Crippen LogP contribution in [-0.4, -0.2) is 31.5 Å². The van der Waals surface area contributed by atoms with Crippen molar-refractivity contribution in [1.29, 1.82) is 0 Å². The zero-order valence-electron chi connectivity index (χ0n) is 13.9. The number of pyridine rings is 1. The average Bonchev–Trinajstić information content (AvgIpc) is 2.66. The first-order valence-corrected chi connectivity index (χ1v) is 8.33. The van der Waals surface area contributed by atoms with Crippen LogP contribution < -0.4 is 5.56 Å². The highest BCUT2D eigenvalue weighted by Gasteiger charge is 2.22. The number of aromatic hydroxyl groups is 1. The summed E-state index contributed by atoms with van der Waals surface area (Å²) in [6.07, 6.45) is 3.94. The molecular weight excluding hydrogens is 335 g/mol. The predicted molar refractivity (Wildman–Crippen MR) is 94.0 cm³/mol. The summed E-state index contributed by atoms with van der Waals surface area (Å²) in [6.45, 7) is 1.44. The Kier molecular flexibility index (Phi) is 4.22. The van der Waals surface area contributed by atoms with Crippen molar-refractivity contribution in [3.63, 3.8) is 0 Å². The number of nitrogens with one attached hydrogen (secondary N) is 1. The van der Waals surface area contributed by atoms with Crippen molar-refractivity contribution in [2.45, 2.75) is 19.5 Å². The first kappa shape index (κ1) is 16.4. The van der Waals surface area contributed by atoms with Crippen molar-refractivity contribution in [3.05, 3.63) is 75.7 Å². The largest absolute Gasteiger partial charge is 0.505 e. The summed E-state index contributed by atoms with van der Waals surface area (Å²) in [5.41, 5.74) is 2.47. The number of aromatic nitrogens is 3. The van der Waals surface area contributed by atoms with Crippen molar-refractivity contribution in [1.82, 2.24) is 19.9 Å². The summed E-state index contributed by atoms with van der Waals surface area (Å²) >= 11 is 0. The number of para-hydroxylation sites is 1. The van der Waals surface area contributed by atoms with E-state index in [9.17, 15) is 14.3 Å². The zero-order chi connectivity index (χ0) is 18.1. The second kappa shape index (κ2) is 6.68. The third kappa shape index (κ3) is 3.09. The lowest BCUT2D eigenvalue weighted by Gasteiger charge is -2.28. The molecule has 0 bridgehead atoms. The van der Waals surface area contributed by atoms with Gasteiger partial charge in [-0.15, -0.1) is 0 Å². The summed E-state index contributed by atoms with van der Waals surface area (Å²) < 4.78 is 13.5. The molecule has 26 heavy (non-hydrogen) atoms. The van der Waals surface area contributed by atoms with Crippen LogP contribution in [0.5, 0.6) is 5.75 Å². The Hall–Kier alpha value is -3.06. The minimum absolute atomic E-state index is 0.179. The van der Waals surface area contributed by atoms with Crippen molar-refractivity contribution < 1.29 is 9.50 Å². The van der Waals surface area contributed by atoms with Crippen LogP contribution in [-0.2, 0) is 19.5 Å². The second-order valence-corrected chi connectivity index (χ2v) is 6.29. The molecule has 3 aromatic rings. The van der Waals surface area contributed by atoms with Crippen LogP contribution in [0.25, 0.3) is 11.4 Å². The fraction of sp³-hybridized carbons (Fsp3) is 0.211. The van der Waals surface area contributed by atoms with Gasteiger partial charge in [-0.1, -0.05) is 12.1 Å². The van der Waals surface area contributed by atoms with Crippen LogP contribution in [0.15, 0.2) is 47.5 Å². The molecule has 6 nitrogen and oxygen atoms in total. The molecule has 0 amide bonds. The van der Waals surface area contributed by atoms with E-state index in [4.69, 9.17) is 0 Å². The normalized spacial score (nSPS) is 14.2. The molecule has 0 spiro atoms. The van der Waals surface area contributed by atoms with Gasteiger partial charge in [-0.25, -0.2) is 9.37 Å². The number of fused-ring (bicyclic) bond motifs is 1. The number of benzene rings is 1. The van der Waals surface area contributed by atoms with Gasteiger partial charge in [0.15, 0.2) is 11.6 Å². The molecule has 3 heterocycles. The lowest BCUT2D eigenvalue weighted by molar-refractivity contribution is 0.238. The maximum Gasteiger partial charge on any atom is 0.255 e. The minimum Gasteiger partial charge on any atom is -0.505 e. The fourth-order valence-electron chi connectivity index (χ4n) is 3.18. The molecule has 2 aromatic heterocycles. The van der Waals surface area contributed by atoms with Gasteiger partial charge in [-0.3, -0.25) is 14.7 Å². The van der Waals surface area contributed by atoms with Crippen molar-refractivity contribution in [2.75, 3.05) is 6.54 Å². The number of phenols is 1. The Morgan fingerprint density at radius 3 is 2.96 bits per heavy atom. The van der Waals surface area contributed by atoms with Crippen molar-refractivity contribution in [2.24, 2.45) is 0 Å². The van der Waals surface area contributed by atoms with Crippen LogP contribution >= 0.6 is 0 Å². The van der Waals surface area contributed by atoms with E-state index in [2.05, 4.69) is 15.0 Å². The van der Waals surface area contributed by atoms with Gasteiger partial charge in [0.25, 0.3) is 5.56 Å². The Labute approximate surface area is 149 Å². The molecule has 132 valence electrons. The molecule has 7 heteroatoms. The van der Waals surface area contributed by atoms with Gasteiger partial charge in [0.05, 0.1) is 11.3 Å². The molecule has 0 fully saturated rings. The standard InChI is InChI=1S/C19H17FN4O2/c20-15-5-1-3-13(17(15)25)10-24-8-6-16-14(11-24)19(26)23-18(22-16)12-4-2-7-21-9-12/h1-5,7,9,25H,6,8,10-11H2,(H,22,23,26). The lowest BCUT2D eigenvalue weighted by Crippen LogP contribution is -2.35. The number of hydrogen-bond donors (Lipinski definition) is 2. The third-order valence-electron chi connectivity index (χ3n) is 4.55. The summed E-state index contributed by atoms with van der Waals surface area (Å²) in [7, 11) is 0. The number of aromatic amines is 1. The number of halogens is 1. The quantitative estimate of drug-likeness (QED) is 0.755. The van der Waals surface area contributed by atoms with Gasteiger partial charge in [0.2, 0.25) is 0 Å². The number of phenolic OH excluding ortho intramolecular Hbond substituents is 1. The van der Waals surface area contributed by atoms with Crippen LogP contribution in [0.1, 0.15) is 16.8 Å². The van der Waals surface area contributed by atoms with Gasteiger partial charge in [-0.2, -0.15) is 0 Å². The van der Waals surface area contributed by atoms with E-state index in [0.717, 1.165) is 11.3 Å². The molecule has 4 rings (SSSR count). The zero-order valence-corrected chi connectivity index (χ0v) is 13.9. The highest BCUT2D eigenvalue weighted by molar-refractivity contribution is 5.53. The Bertz CT molecular complexity index is 1000. The van der Waals surface area contributed by atoms with Crippen LogP contribution in [0.3, 0.4) is 0 Å². The lowest BCUT2D eigenvalue weighted by atomic mass is 10.1. The molecular formula is C19H17FN4O2. The van der Waals surface area contributed by atoms with Crippen LogP contribution in [0.2, 0.25) is 0 Å². The van der Waals surface area contributed by atoms with Gasteiger partial charge in [0, 0.05) is 49.6 Å². The molecule has 0 radical (unpaired) electrons. The Morgan fingerprint density at radius 1 is 1.27 bits per heavy atom. The van der Waals surface area contributed by atoms with Crippen LogP contribution in [0.4, 0.5) is 4.39 Å². The maximum absolute atomic E-state index is 13.5. The number of nitrogens with zero attached hydrogens (tertiary/aromatic N) is 3. The van der Waals surface area contributed by atoms with E-state index in [-0.39, 0.29) is 11.3 Å². The molecule has 0 saturated heterocycles. The molecule has 0 unspecified atom stereocenters. The van der Waals surface area contributed by atoms with Gasteiger partial charge in [0.1, 0.15) is 5.82 Å². The molecule has 0 saturated carbocycles. The number of H-pyrrole nitrogens is 1. The maximum atomic E-state index is 13.5. The summed E-state index contributed by atoms with van der Waals surface area (Å²) in [6, 6.07) is 8.11. The van der Waals surface area contributed by atoms with Crippen molar-refractivity contribution in [3.8, 4) is 17.1 Å². The van der Waals surface area contributed by atoms with E-state index < -0.39 is 5.82 Å². The first-order chi connectivity index (χ1) is 12.6. The van der Waals surface area contributed by atoms with Crippen LogP contribution in [0, 0.1) is 5.82 Å². The monoisotopic (exact) mass is 352 g/mol. The Morgan fingerprint density at radius 2 is 2.15 bits per heavy atom. The second-order valence-electron chi connectivity index (χ2n) is 6.29. The molecule has 1 aromatic carbocycles. The Balaban J connectivity index is 1.60. The first-order valence-electron chi connectivity index (χ1n) is 8.33. The molecule has 0 atom stereocenters. The van der Waals surface area contributed by atoms with E-state index in [0.29, 0.717) is 43.0 Å². The molecule has 1 aliphatic heterocycles. The SMILES string of the molecule is O=c1[nH]c(-c2cccnc2)nc2c1CN(Cc1cccc(F)c1O)CC2. The predicted octanol–water partition coefficient (Wildman–Crippen LogP) is 2.23. The fourth-order valence-corrected chi connectivity index (χ4v) is 3.18. The summed E-state index contributed by atoms with van der Waals surface area (Å²) in [5.74, 6) is -0.462. The minimum atomic E-state index is -0.638. The number of hydrogen-bond acceptors (Lipinski definition) is 5. The van der Waals surface area contributed by atoms with Crippen molar-refractivity contribution >= 4 is 0 Å². The smallest absolute Gasteiger partial charge is 0.255 e. The molecule has 0 aliphatic carbocycles. The highest BCUT2D eigenvalue weighted by atomic mass is 19.1. The van der Waals surface area contributed by atoms with Gasteiger partial charge < -0.3 is 10.1 Å². The average molecular weight is 352 g/mol. The van der Waals surface area contributed by atoms with E-state index in [1.54, 1.807) is 30.6 Å². The van der Waals surface area contributed by atoms with E-state index in [1.165, 1.54) is 6.07 Å². The van der Waals surface area contributed by atoms with E-state index in [1.807, 2.05) is 11.0 Å². The van der Waals surface area contributed by atoms with Gasteiger partial charge >= 0.3 is 0 Å². The topological polar surface area (TPSA) is 82.1 Å². The number of rotatable bonds is 3. The summed E-state index contributed by atoms with van der Waals surface area (Å²) in [4.78, 5) is 26.0. The third-order valence-corrected chi connectivity index (χ3v) is 4.55. The van der Waals surface area contributed by atoms with Gasteiger partial charge in [-0.05, 0) is 18.2 Å². The highest BCUT2D eigenvalue weighted by Crippen LogP contribution is 2.25. The summed E-state index contributed by atoms with van der Waals surface area (Å²) in [5, 5.41) is 9.85. The molecule has 2 N–H and O–H groups in total. The van der Waals surface area contributed by atoms with E-state index >= 15 is 0 Å².